The third-order valence-corrected chi connectivity index (χ3v) is 18.9. The second-order valence-electron chi connectivity index (χ2n) is 28.4. The lowest BCUT2D eigenvalue weighted by Gasteiger charge is -2.24. The Bertz CT molecular complexity index is 1930. The van der Waals surface area contributed by atoms with Crippen molar-refractivity contribution in [3.05, 3.63) is 97.2 Å². The fourth-order valence-corrected chi connectivity index (χ4v) is 12.5. The zero-order chi connectivity index (χ0) is 69.0. The van der Waals surface area contributed by atoms with Crippen LogP contribution in [0.15, 0.2) is 97.2 Å². The van der Waals surface area contributed by atoms with Gasteiger partial charge in [-0.15, -0.1) is 0 Å². The summed E-state index contributed by atoms with van der Waals surface area (Å²) in [5, 5.41) is 0. The maximum absolute atomic E-state index is 12.9. The molecule has 0 spiro atoms. The standard InChI is InChI=1S/C85H154NO8P/c1-6-8-10-12-14-16-18-20-22-24-26-28-30-32-34-36-38-39-40-41-42-43-44-45-46-48-49-51-53-55-57-59-61-63-65-67-69-71-73-75-77-84(87)91-81-83(82-93-95(89,90)92-80-79-86(3,4)5)94-85(88)78-76-74-72-70-68-66-64-62-60-58-56-54-52-50-47-37-35-33-31-29-27-25-23-21-19-17-15-13-11-9-7-2/h9,11,15,17,21,23,27,29,33,35,47,50,54,56,60,62,83H,6-8,10,12-14,16,18-20,22,24-26,28,30-32,34,36-46,48-49,51-53,55,57-59,61,63-82H2,1-5H3/p+1/b11-9-,17-15-,23-21-,29-27-,35-33-,50-47-,56-54-,62-60-. The lowest BCUT2D eigenvalue weighted by molar-refractivity contribution is -0.870. The highest BCUT2D eigenvalue weighted by Gasteiger charge is 2.27. The summed E-state index contributed by atoms with van der Waals surface area (Å²) in [7, 11) is 1.47. The van der Waals surface area contributed by atoms with E-state index in [1.807, 2.05) is 21.1 Å². The van der Waals surface area contributed by atoms with Gasteiger partial charge in [0.05, 0.1) is 27.7 Å². The summed E-state index contributed by atoms with van der Waals surface area (Å²) in [6.07, 6.45) is 106. The van der Waals surface area contributed by atoms with Crippen LogP contribution >= 0.6 is 7.82 Å². The Morgan fingerprint density at radius 1 is 0.337 bits per heavy atom. The minimum absolute atomic E-state index is 0.0255. The number of nitrogens with zero attached hydrogens (tertiary/aromatic N) is 1. The smallest absolute Gasteiger partial charge is 0.462 e. The zero-order valence-electron chi connectivity index (χ0n) is 63.1. The number of ether oxygens (including phenoxy) is 2. The number of phosphoric acid groups is 1. The average Bonchev–Trinajstić information content (AvgIpc) is 2.29. The third-order valence-electron chi connectivity index (χ3n) is 17.9. The molecule has 95 heavy (non-hydrogen) atoms. The Labute approximate surface area is 589 Å². The van der Waals surface area contributed by atoms with Crippen LogP contribution in [0.2, 0.25) is 0 Å². The van der Waals surface area contributed by atoms with Crippen molar-refractivity contribution in [3.8, 4) is 0 Å². The molecule has 10 heteroatoms. The van der Waals surface area contributed by atoms with E-state index in [2.05, 4.69) is 111 Å². The van der Waals surface area contributed by atoms with Crippen LogP contribution in [0.4, 0.5) is 0 Å². The van der Waals surface area contributed by atoms with Crippen LogP contribution in [-0.2, 0) is 32.7 Å². The van der Waals surface area contributed by atoms with Gasteiger partial charge in [-0.25, -0.2) is 4.57 Å². The maximum Gasteiger partial charge on any atom is 0.472 e. The molecule has 0 aliphatic carbocycles. The number of phosphoric ester groups is 1. The number of esters is 2. The number of rotatable bonds is 75. The van der Waals surface area contributed by atoms with Crippen molar-refractivity contribution in [2.24, 2.45) is 0 Å². The molecule has 2 atom stereocenters. The molecule has 9 nitrogen and oxygen atoms in total. The molecule has 0 radical (unpaired) electrons. The number of carbonyl (C=O) groups is 2. The van der Waals surface area contributed by atoms with Gasteiger partial charge in [0.15, 0.2) is 6.10 Å². The fraction of sp³-hybridized carbons (Fsp3) is 0.788. The van der Waals surface area contributed by atoms with Gasteiger partial charge in [-0.3, -0.25) is 18.6 Å². The highest BCUT2D eigenvalue weighted by molar-refractivity contribution is 7.47. The van der Waals surface area contributed by atoms with E-state index in [0.29, 0.717) is 17.4 Å². The average molecular weight is 1350 g/mol. The van der Waals surface area contributed by atoms with Crippen molar-refractivity contribution < 1.29 is 42.1 Å². The maximum atomic E-state index is 12.9. The van der Waals surface area contributed by atoms with Crippen LogP contribution in [-0.4, -0.2) is 74.9 Å². The van der Waals surface area contributed by atoms with Gasteiger partial charge < -0.3 is 18.9 Å². The van der Waals surface area contributed by atoms with Crippen molar-refractivity contribution in [2.75, 3.05) is 47.5 Å². The number of hydrogen-bond acceptors (Lipinski definition) is 7. The van der Waals surface area contributed by atoms with E-state index in [1.165, 1.54) is 238 Å². The normalized spacial score (nSPS) is 13.5. The van der Waals surface area contributed by atoms with Gasteiger partial charge in [-0.05, 0) is 77.0 Å². The molecule has 0 aliphatic rings. The molecule has 1 N–H and O–H groups in total. The van der Waals surface area contributed by atoms with Crippen LogP contribution < -0.4 is 0 Å². The van der Waals surface area contributed by atoms with Crippen LogP contribution in [0.5, 0.6) is 0 Å². The van der Waals surface area contributed by atoms with E-state index in [4.69, 9.17) is 18.5 Å². The molecule has 0 saturated carbocycles. The molecule has 0 heterocycles. The number of likely N-dealkylation sites (N-methyl/N-ethyl adjacent to an activating group) is 1. The SMILES string of the molecule is CC/C=C\C/C=C\C/C=C\C/C=C\C/C=C\C/C=C\C/C=C\C/C=C\CCCCCCCCC(=O)OC(COC(=O)CCCCCCCCCCCCCCCCCCCCCCCCCCCCCCCCCCCCCCCCCC)COP(=O)(O)OCC[N+](C)(C)C. The molecule has 0 aromatic carbocycles. The Hall–Kier alpha value is -3.07. The summed E-state index contributed by atoms with van der Waals surface area (Å²) < 4.78 is 34.8. The Morgan fingerprint density at radius 3 is 0.895 bits per heavy atom. The first kappa shape index (κ1) is 91.9. The number of unbranched alkanes of at least 4 members (excludes halogenated alkanes) is 45. The first-order chi connectivity index (χ1) is 46.5. The van der Waals surface area contributed by atoms with Crippen molar-refractivity contribution in [1.29, 1.82) is 0 Å². The van der Waals surface area contributed by atoms with Crippen molar-refractivity contribution in [1.82, 2.24) is 0 Å². The molecule has 552 valence electrons. The van der Waals surface area contributed by atoms with Gasteiger partial charge in [0.1, 0.15) is 19.8 Å². The molecule has 0 aromatic rings. The lowest BCUT2D eigenvalue weighted by Crippen LogP contribution is -2.37. The van der Waals surface area contributed by atoms with Crippen molar-refractivity contribution in [3.63, 3.8) is 0 Å². The van der Waals surface area contributed by atoms with Crippen LogP contribution in [0.1, 0.15) is 380 Å². The van der Waals surface area contributed by atoms with E-state index >= 15 is 0 Å². The van der Waals surface area contributed by atoms with Crippen LogP contribution in [0, 0.1) is 0 Å². The summed E-state index contributed by atoms with van der Waals surface area (Å²) >= 11 is 0. The fourth-order valence-electron chi connectivity index (χ4n) is 11.7. The van der Waals surface area contributed by atoms with Gasteiger partial charge in [-0.1, -0.05) is 387 Å². The summed E-state index contributed by atoms with van der Waals surface area (Å²) in [5.74, 6) is -0.804. The van der Waals surface area contributed by atoms with E-state index in [-0.39, 0.29) is 32.0 Å². The summed E-state index contributed by atoms with van der Waals surface area (Å²) in [5.41, 5.74) is 0. The Kier molecular flexibility index (Phi) is 72.7. The number of hydrogen-bond donors (Lipinski definition) is 1. The largest absolute Gasteiger partial charge is 0.472 e. The van der Waals surface area contributed by atoms with Gasteiger partial charge in [0, 0.05) is 12.8 Å². The van der Waals surface area contributed by atoms with E-state index in [1.54, 1.807) is 0 Å². The number of carbonyl (C=O) groups excluding carboxylic acids is 2. The first-order valence-electron chi connectivity index (χ1n) is 40.5. The molecular formula is C85H155NO8P+. The zero-order valence-corrected chi connectivity index (χ0v) is 64.0. The van der Waals surface area contributed by atoms with Gasteiger partial charge in [0.2, 0.25) is 0 Å². The minimum Gasteiger partial charge on any atom is -0.462 e. The van der Waals surface area contributed by atoms with E-state index in [0.717, 1.165) is 109 Å². The number of quaternary nitrogens is 1. The molecule has 0 saturated heterocycles. The van der Waals surface area contributed by atoms with Crippen molar-refractivity contribution >= 4 is 19.8 Å². The van der Waals surface area contributed by atoms with Crippen LogP contribution in [0.3, 0.4) is 0 Å². The molecule has 0 fully saturated rings. The van der Waals surface area contributed by atoms with Crippen molar-refractivity contribution in [2.45, 2.75) is 386 Å². The Morgan fingerprint density at radius 2 is 0.600 bits per heavy atom. The van der Waals surface area contributed by atoms with Gasteiger partial charge in [0.25, 0.3) is 0 Å². The third kappa shape index (κ3) is 79.8. The summed E-state index contributed by atoms with van der Waals surface area (Å²) in [6, 6.07) is 0. The highest BCUT2D eigenvalue weighted by atomic mass is 31.2. The second-order valence-corrected chi connectivity index (χ2v) is 29.9. The minimum atomic E-state index is -4.41. The van der Waals surface area contributed by atoms with Gasteiger partial charge in [-0.2, -0.15) is 0 Å². The molecule has 0 rings (SSSR count). The van der Waals surface area contributed by atoms with Crippen LogP contribution in [0.25, 0.3) is 0 Å². The molecule has 0 aromatic heterocycles. The lowest BCUT2D eigenvalue weighted by atomic mass is 10.0. The molecule has 2 unspecified atom stereocenters. The topological polar surface area (TPSA) is 108 Å². The van der Waals surface area contributed by atoms with Gasteiger partial charge >= 0.3 is 19.8 Å². The van der Waals surface area contributed by atoms with E-state index < -0.39 is 26.5 Å². The molecule has 0 amide bonds. The monoisotopic (exact) mass is 1350 g/mol. The van der Waals surface area contributed by atoms with E-state index in [9.17, 15) is 19.0 Å². The predicted octanol–water partition coefficient (Wildman–Crippen LogP) is 27.0. The number of allylic oxidation sites excluding steroid dienone is 16. The predicted molar refractivity (Wildman–Crippen MR) is 413 cm³/mol. The molecular weight excluding hydrogens is 1190 g/mol. The second kappa shape index (κ2) is 75.1. The summed E-state index contributed by atoms with van der Waals surface area (Å²) in [4.78, 5) is 36.0. The Balaban J connectivity index is 3.95. The molecule has 0 aliphatic heterocycles. The quantitative estimate of drug-likeness (QED) is 0.0211. The highest BCUT2D eigenvalue weighted by Crippen LogP contribution is 2.43. The molecule has 0 bridgehead atoms. The first-order valence-corrected chi connectivity index (χ1v) is 42.0. The summed E-state index contributed by atoms with van der Waals surface area (Å²) in [6.45, 7) is 4.35.